The number of halogens is 1. The molecule has 2 rings (SSSR count). The van der Waals surface area contributed by atoms with E-state index in [0.717, 1.165) is 24.6 Å². The number of rotatable bonds is 4. The lowest BCUT2D eigenvalue weighted by Crippen LogP contribution is -2.31. The maximum absolute atomic E-state index is 6.14. The van der Waals surface area contributed by atoms with E-state index in [1.165, 1.54) is 25.0 Å². The number of nitrogens with zero attached hydrogens (tertiary/aromatic N) is 3. The Morgan fingerprint density at radius 1 is 1.47 bits per heavy atom. The molecule has 1 atom stereocenters. The molecule has 1 aromatic rings. The van der Waals surface area contributed by atoms with Crippen molar-refractivity contribution in [3.63, 3.8) is 0 Å². The zero-order valence-corrected chi connectivity index (χ0v) is 13.1. The molecule has 2 heterocycles. The molecule has 106 valence electrons. The van der Waals surface area contributed by atoms with Crippen LogP contribution in [0.1, 0.15) is 26.2 Å². The van der Waals surface area contributed by atoms with Crippen molar-refractivity contribution in [2.75, 3.05) is 36.1 Å². The van der Waals surface area contributed by atoms with Gasteiger partial charge in [-0.3, -0.25) is 0 Å². The topological polar surface area (TPSA) is 41.1 Å². The zero-order valence-electron chi connectivity index (χ0n) is 11.5. The molecule has 1 aliphatic rings. The summed E-state index contributed by atoms with van der Waals surface area (Å²) in [5.41, 5.74) is 0.839. The fourth-order valence-corrected chi connectivity index (χ4v) is 3.79. The van der Waals surface area contributed by atoms with Gasteiger partial charge < -0.3 is 10.2 Å². The van der Waals surface area contributed by atoms with Crippen LogP contribution in [0.2, 0.25) is 5.15 Å². The summed E-state index contributed by atoms with van der Waals surface area (Å²) in [6.07, 6.45) is 5.35. The van der Waals surface area contributed by atoms with Gasteiger partial charge in [0.05, 0.1) is 0 Å². The number of anilines is 2. The van der Waals surface area contributed by atoms with Crippen molar-refractivity contribution in [1.29, 1.82) is 0 Å². The minimum absolute atomic E-state index is 0.497. The smallest absolute Gasteiger partial charge is 0.157 e. The lowest BCUT2D eigenvalue weighted by molar-refractivity contribution is 0.735. The molecule has 4 nitrogen and oxygen atoms in total. The van der Waals surface area contributed by atoms with Gasteiger partial charge in [-0.05, 0) is 18.6 Å². The molecule has 6 heteroatoms. The van der Waals surface area contributed by atoms with Crippen molar-refractivity contribution in [3.8, 4) is 0 Å². The number of hydrogen-bond donors (Lipinski definition) is 1. The Balaban J connectivity index is 2.21. The molecular formula is C13H21ClN4S. The predicted molar refractivity (Wildman–Crippen MR) is 84.6 cm³/mol. The second kappa shape index (κ2) is 7.20. The zero-order chi connectivity index (χ0) is 13.7. The van der Waals surface area contributed by atoms with Gasteiger partial charge in [0, 0.05) is 25.4 Å². The Bertz CT molecular complexity index is 416. The van der Waals surface area contributed by atoms with Crippen LogP contribution in [0, 0.1) is 0 Å². The molecule has 0 aromatic carbocycles. The molecule has 1 fully saturated rings. The normalized spacial score (nSPS) is 20.2. The van der Waals surface area contributed by atoms with Gasteiger partial charge in [0.25, 0.3) is 0 Å². The van der Waals surface area contributed by atoms with Crippen LogP contribution in [-0.4, -0.2) is 41.1 Å². The highest BCUT2D eigenvalue weighted by Gasteiger charge is 2.22. The molecule has 1 aromatic heterocycles. The first-order chi connectivity index (χ1) is 9.26. The molecule has 1 unspecified atom stereocenters. The summed E-state index contributed by atoms with van der Waals surface area (Å²) in [5.74, 6) is 2.10. The van der Waals surface area contributed by atoms with Crippen LogP contribution in [0.5, 0.6) is 0 Å². The molecule has 0 aliphatic carbocycles. The highest BCUT2D eigenvalue weighted by Crippen LogP contribution is 2.32. The third kappa shape index (κ3) is 3.66. The van der Waals surface area contributed by atoms with Crippen molar-refractivity contribution in [1.82, 2.24) is 9.97 Å². The van der Waals surface area contributed by atoms with E-state index in [0.29, 0.717) is 10.4 Å². The lowest BCUT2D eigenvalue weighted by Gasteiger charge is -2.26. The minimum Gasteiger partial charge on any atom is -0.383 e. The number of aromatic nitrogens is 2. The molecule has 1 N–H and O–H groups in total. The van der Waals surface area contributed by atoms with Gasteiger partial charge in [-0.15, -0.1) is 0 Å². The summed E-state index contributed by atoms with van der Waals surface area (Å²) >= 11 is 8.18. The SMILES string of the molecule is CCSC1CCCCN(c2ncnc(Cl)c2NC)C1. The average Bonchev–Trinajstić information content (AvgIpc) is 2.64. The largest absolute Gasteiger partial charge is 0.383 e. The summed E-state index contributed by atoms with van der Waals surface area (Å²) in [4.78, 5) is 10.8. The first-order valence-electron chi connectivity index (χ1n) is 6.81. The van der Waals surface area contributed by atoms with Crippen molar-refractivity contribution >= 4 is 34.9 Å². The van der Waals surface area contributed by atoms with Crippen LogP contribution in [-0.2, 0) is 0 Å². The van der Waals surface area contributed by atoms with Gasteiger partial charge in [-0.1, -0.05) is 24.9 Å². The highest BCUT2D eigenvalue weighted by atomic mass is 35.5. The van der Waals surface area contributed by atoms with Gasteiger partial charge in [0.2, 0.25) is 0 Å². The first-order valence-corrected chi connectivity index (χ1v) is 8.23. The lowest BCUT2D eigenvalue weighted by atomic mass is 10.2. The van der Waals surface area contributed by atoms with E-state index in [1.54, 1.807) is 6.33 Å². The van der Waals surface area contributed by atoms with E-state index in [4.69, 9.17) is 11.6 Å². The van der Waals surface area contributed by atoms with Crippen molar-refractivity contribution in [3.05, 3.63) is 11.5 Å². The Hall–Kier alpha value is -0.680. The third-order valence-electron chi connectivity index (χ3n) is 3.36. The Kier molecular flexibility index (Phi) is 5.58. The molecular weight excluding hydrogens is 280 g/mol. The summed E-state index contributed by atoms with van der Waals surface area (Å²) in [6, 6.07) is 0. The van der Waals surface area contributed by atoms with Crippen LogP contribution in [0.25, 0.3) is 0 Å². The van der Waals surface area contributed by atoms with Crippen LogP contribution in [0.15, 0.2) is 6.33 Å². The Morgan fingerprint density at radius 2 is 2.32 bits per heavy atom. The predicted octanol–water partition coefficient (Wildman–Crippen LogP) is 3.28. The summed E-state index contributed by atoms with van der Waals surface area (Å²) < 4.78 is 0. The molecule has 0 bridgehead atoms. The van der Waals surface area contributed by atoms with Crippen molar-refractivity contribution in [2.45, 2.75) is 31.4 Å². The van der Waals surface area contributed by atoms with E-state index < -0.39 is 0 Å². The fourth-order valence-electron chi connectivity index (χ4n) is 2.48. The molecule has 1 saturated heterocycles. The quantitative estimate of drug-likeness (QED) is 0.864. The van der Waals surface area contributed by atoms with E-state index in [1.807, 2.05) is 18.8 Å². The van der Waals surface area contributed by atoms with Crippen molar-refractivity contribution in [2.24, 2.45) is 0 Å². The second-order valence-corrected chi connectivity index (χ2v) is 6.57. The van der Waals surface area contributed by atoms with Gasteiger partial charge in [-0.2, -0.15) is 11.8 Å². The van der Waals surface area contributed by atoms with Crippen LogP contribution in [0.3, 0.4) is 0 Å². The van der Waals surface area contributed by atoms with Crippen LogP contribution < -0.4 is 10.2 Å². The summed E-state index contributed by atoms with van der Waals surface area (Å²) in [5, 5.41) is 4.31. The van der Waals surface area contributed by atoms with E-state index in [2.05, 4.69) is 27.1 Å². The van der Waals surface area contributed by atoms with Gasteiger partial charge in [0.1, 0.15) is 12.0 Å². The van der Waals surface area contributed by atoms with E-state index >= 15 is 0 Å². The number of thioether (sulfide) groups is 1. The molecule has 0 radical (unpaired) electrons. The van der Waals surface area contributed by atoms with Crippen molar-refractivity contribution < 1.29 is 0 Å². The maximum Gasteiger partial charge on any atom is 0.157 e. The molecule has 0 amide bonds. The average molecular weight is 301 g/mol. The van der Waals surface area contributed by atoms with Gasteiger partial charge >= 0.3 is 0 Å². The molecule has 0 spiro atoms. The molecule has 19 heavy (non-hydrogen) atoms. The first kappa shape index (κ1) is 14.7. The minimum atomic E-state index is 0.497. The Labute approximate surface area is 124 Å². The highest BCUT2D eigenvalue weighted by molar-refractivity contribution is 7.99. The number of nitrogens with one attached hydrogen (secondary N) is 1. The van der Waals surface area contributed by atoms with Crippen LogP contribution >= 0.6 is 23.4 Å². The standard InChI is InChI=1S/C13H21ClN4S/c1-3-19-10-6-4-5-7-18(8-10)13-11(15-2)12(14)16-9-17-13/h9-10,15H,3-8H2,1-2H3. The van der Waals surface area contributed by atoms with Gasteiger partial charge in [-0.25, -0.2) is 9.97 Å². The summed E-state index contributed by atoms with van der Waals surface area (Å²) in [6.45, 7) is 4.31. The second-order valence-electron chi connectivity index (χ2n) is 4.63. The Morgan fingerprint density at radius 3 is 3.05 bits per heavy atom. The molecule has 1 aliphatic heterocycles. The maximum atomic E-state index is 6.14. The van der Waals surface area contributed by atoms with Gasteiger partial charge in [0.15, 0.2) is 11.0 Å². The third-order valence-corrected chi connectivity index (χ3v) is 4.84. The van der Waals surface area contributed by atoms with E-state index in [9.17, 15) is 0 Å². The molecule has 0 saturated carbocycles. The monoisotopic (exact) mass is 300 g/mol. The van der Waals surface area contributed by atoms with E-state index in [-0.39, 0.29) is 0 Å². The fraction of sp³-hybridized carbons (Fsp3) is 0.692. The summed E-state index contributed by atoms with van der Waals surface area (Å²) in [7, 11) is 1.87. The van der Waals surface area contributed by atoms with Crippen LogP contribution in [0.4, 0.5) is 11.5 Å². The number of hydrogen-bond acceptors (Lipinski definition) is 5.